The van der Waals surface area contributed by atoms with Gasteiger partial charge in [-0.05, 0) is 43.0 Å². The number of nitrogens with one attached hydrogen (secondary N) is 1. The van der Waals surface area contributed by atoms with E-state index in [0.29, 0.717) is 12.1 Å². The quantitative estimate of drug-likeness (QED) is 0.834. The van der Waals surface area contributed by atoms with Crippen molar-refractivity contribution in [2.75, 3.05) is 11.1 Å². The SMILES string of the molecule is Cc1ccc(N)c(NC(=O)CCc2ccccc2)c1C. The summed E-state index contributed by atoms with van der Waals surface area (Å²) in [5.41, 5.74) is 10.6. The molecule has 0 heterocycles. The lowest BCUT2D eigenvalue weighted by Gasteiger charge is -2.13. The topological polar surface area (TPSA) is 55.1 Å². The Labute approximate surface area is 119 Å². The minimum absolute atomic E-state index is 0.00532. The van der Waals surface area contributed by atoms with E-state index in [1.807, 2.05) is 56.3 Å². The molecule has 3 N–H and O–H groups in total. The number of aryl methyl sites for hydroxylation is 2. The fourth-order valence-electron chi connectivity index (χ4n) is 2.11. The molecule has 2 rings (SSSR count). The van der Waals surface area contributed by atoms with E-state index in [9.17, 15) is 4.79 Å². The second-order valence-electron chi connectivity index (χ2n) is 5.01. The lowest BCUT2D eigenvalue weighted by atomic mass is 10.1. The van der Waals surface area contributed by atoms with Gasteiger partial charge in [-0.3, -0.25) is 4.79 Å². The minimum Gasteiger partial charge on any atom is -0.397 e. The zero-order valence-corrected chi connectivity index (χ0v) is 11.9. The zero-order valence-electron chi connectivity index (χ0n) is 11.9. The van der Waals surface area contributed by atoms with Gasteiger partial charge in [-0.2, -0.15) is 0 Å². The summed E-state index contributed by atoms with van der Waals surface area (Å²) in [6.07, 6.45) is 1.19. The van der Waals surface area contributed by atoms with Gasteiger partial charge in [0.15, 0.2) is 0 Å². The number of benzene rings is 2. The molecule has 2 aromatic carbocycles. The summed E-state index contributed by atoms with van der Waals surface area (Å²) in [5.74, 6) is -0.00532. The van der Waals surface area contributed by atoms with Gasteiger partial charge in [-0.1, -0.05) is 36.4 Å². The van der Waals surface area contributed by atoms with Crippen molar-refractivity contribution in [2.24, 2.45) is 0 Å². The number of rotatable bonds is 4. The van der Waals surface area contributed by atoms with Gasteiger partial charge in [0.1, 0.15) is 0 Å². The number of nitrogens with two attached hydrogens (primary N) is 1. The number of hydrogen-bond acceptors (Lipinski definition) is 2. The fourth-order valence-corrected chi connectivity index (χ4v) is 2.11. The zero-order chi connectivity index (χ0) is 14.5. The Kier molecular flexibility index (Phi) is 4.41. The number of amides is 1. The molecule has 0 spiro atoms. The highest BCUT2D eigenvalue weighted by molar-refractivity contribution is 5.95. The first-order valence-electron chi connectivity index (χ1n) is 6.77. The molecule has 0 radical (unpaired) electrons. The molecule has 0 bridgehead atoms. The summed E-state index contributed by atoms with van der Waals surface area (Å²) in [6, 6.07) is 13.8. The molecule has 104 valence electrons. The summed E-state index contributed by atoms with van der Waals surface area (Å²) in [6.45, 7) is 3.98. The summed E-state index contributed by atoms with van der Waals surface area (Å²) in [5, 5.41) is 2.93. The lowest BCUT2D eigenvalue weighted by molar-refractivity contribution is -0.116. The summed E-state index contributed by atoms with van der Waals surface area (Å²) >= 11 is 0. The lowest BCUT2D eigenvalue weighted by Crippen LogP contribution is -2.15. The van der Waals surface area contributed by atoms with E-state index in [1.54, 1.807) is 0 Å². The molecule has 0 aliphatic rings. The number of carbonyl (C=O) groups is 1. The van der Waals surface area contributed by atoms with Gasteiger partial charge in [0, 0.05) is 6.42 Å². The molecule has 0 aliphatic carbocycles. The van der Waals surface area contributed by atoms with E-state index < -0.39 is 0 Å². The van der Waals surface area contributed by atoms with Crippen molar-refractivity contribution in [2.45, 2.75) is 26.7 Å². The largest absolute Gasteiger partial charge is 0.397 e. The van der Waals surface area contributed by atoms with Crippen molar-refractivity contribution in [3.8, 4) is 0 Å². The Hall–Kier alpha value is -2.29. The highest BCUT2D eigenvalue weighted by Crippen LogP contribution is 2.26. The van der Waals surface area contributed by atoms with Gasteiger partial charge in [-0.25, -0.2) is 0 Å². The molecule has 1 amide bonds. The number of nitrogen functional groups attached to an aromatic ring is 1. The van der Waals surface area contributed by atoms with Gasteiger partial charge in [-0.15, -0.1) is 0 Å². The highest BCUT2D eigenvalue weighted by atomic mass is 16.1. The molecule has 0 aliphatic heterocycles. The van der Waals surface area contributed by atoms with Crippen molar-refractivity contribution in [1.82, 2.24) is 0 Å². The average molecular weight is 268 g/mol. The third-order valence-electron chi connectivity index (χ3n) is 3.52. The van der Waals surface area contributed by atoms with Gasteiger partial charge in [0.25, 0.3) is 0 Å². The number of hydrogen-bond donors (Lipinski definition) is 2. The molecular formula is C17H20N2O. The molecule has 0 fully saturated rings. The van der Waals surface area contributed by atoms with Crippen LogP contribution in [0.2, 0.25) is 0 Å². The predicted molar refractivity (Wildman–Crippen MR) is 83.7 cm³/mol. The summed E-state index contributed by atoms with van der Waals surface area (Å²) in [4.78, 5) is 12.0. The van der Waals surface area contributed by atoms with Crippen LogP contribution >= 0.6 is 0 Å². The molecule has 0 aromatic heterocycles. The van der Waals surface area contributed by atoms with Crippen LogP contribution in [0.4, 0.5) is 11.4 Å². The van der Waals surface area contributed by atoms with Crippen LogP contribution in [0.5, 0.6) is 0 Å². The standard InChI is InChI=1S/C17H20N2O/c1-12-8-10-15(18)17(13(12)2)19-16(20)11-9-14-6-4-3-5-7-14/h3-8,10H,9,11,18H2,1-2H3,(H,19,20). The third-order valence-corrected chi connectivity index (χ3v) is 3.52. The van der Waals surface area contributed by atoms with Crippen molar-refractivity contribution in [1.29, 1.82) is 0 Å². The van der Waals surface area contributed by atoms with E-state index in [2.05, 4.69) is 5.32 Å². The first-order chi connectivity index (χ1) is 9.58. The van der Waals surface area contributed by atoms with Crippen molar-refractivity contribution < 1.29 is 4.79 Å². The van der Waals surface area contributed by atoms with E-state index in [4.69, 9.17) is 5.73 Å². The van der Waals surface area contributed by atoms with E-state index in [1.165, 1.54) is 0 Å². The van der Waals surface area contributed by atoms with Gasteiger partial charge < -0.3 is 11.1 Å². The fraction of sp³-hybridized carbons (Fsp3) is 0.235. The molecule has 3 nitrogen and oxygen atoms in total. The van der Waals surface area contributed by atoms with Crippen LogP contribution in [0.1, 0.15) is 23.1 Å². The third kappa shape index (κ3) is 3.38. The highest BCUT2D eigenvalue weighted by Gasteiger charge is 2.09. The Morgan fingerprint density at radius 3 is 2.50 bits per heavy atom. The number of carbonyl (C=O) groups excluding carboxylic acids is 1. The summed E-state index contributed by atoms with van der Waals surface area (Å²) < 4.78 is 0. The van der Waals surface area contributed by atoms with Crippen LogP contribution in [0.3, 0.4) is 0 Å². The Morgan fingerprint density at radius 2 is 1.80 bits per heavy atom. The molecule has 3 heteroatoms. The maximum Gasteiger partial charge on any atom is 0.224 e. The Balaban J connectivity index is 2.00. The van der Waals surface area contributed by atoms with Crippen molar-refractivity contribution in [3.05, 3.63) is 59.2 Å². The van der Waals surface area contributed by atoms with Crippen molar-refractivity contribution in [3.63, 3.8) is 0 Å². The molecule has 0 saturated heterocycles. The first kappa shape index (κ1) is 14.1. The maximum absolute atomic E-state index is 12.0. The molecule has 0 saturated carbocycles. The van der Waals surface area contributed by atoms with E-state index >= 15 is 0 Å². The molecular weight excluding hydrogens is 248 g/mol. The van der Waals surface area contributed by atoms with Gasteiger partial charge in [0.2, 0.25) is 5.91 Å². The normalized spacial score (nSPS) is 10.3. The summed E-state index contributed by atoms with van der Waals surface area (Å²) in [7, 11) is 0. The molecule has 0 atom stereocenters. The van der Waals surface area contributed by atoms with Crippen LogP contribution in [-0.4, -0.2) is 5.91 Å². The van der Waals surface area contributed by atoms with E-state index in [-0.39, 0.29) is 5.91 Å². The minimum atomic E-state index is -0.00532. The van der Waals surface area contributed by atoms with Crippen molar-refractivity contribution >= 4 is 17.3 Å². The molecule has 0 unspecified atom stereocenters. The smallest absolute Gasteiger partial charge is 0.224 e. The van der Waals surface area contributed by atoms with Crippen LogP contribution in [0, 0.1) is 13.8 Å². The number of anilines is 2. The Bertz CT molecular complexity index is 606. The second-order valence-corrected chi connectivity index (χ2v) is 5.01. The maximum atomic E-state index is 12.0. The van der Waals surface area contributed by atoms with Gasteiger partial charge >= 0.3 is 0 Å². The molecule has 2 aromatic rings. The van der Waals surface area contributed by atoms with E-state index in [0.717, 1.165) is 28.8 Å². The average Bonchev–Trinajstić information content (AvgIpc) is 2.46. The van der Waals surface area contributed by atoms with Crippen LogP contribution in [-0.2, 0) is 11.2 Å². The Morgan fingerprint density at radius 1 is 1.10 bits per heavy atom. The predicted octanol–water partition coefficient (Wildman–Crippen LogP) is 3.46. The monoisotopic (exact) mass is 268 g/mol. The molecule has 20 heavy (non-hydrogen) atoms. The van der Waals surface area contributed by atoms with Crippen LogP contribution in [0.25, 0.3) is 0 Å². The van der Waals surface area contributed by atoms with Gasteiger partial charge in [0.05, 0.1) is 11.4 Å². The second kappa shape index (κ2) is 6.24. The van der Waals surface area contributed by atoms with Crippen LogP contribution in [0.15, 0.2) is 42.5 Å². The van der Waals surface area contributed by atoms with Crippen LogP contribution < -0.4 is 11.1 Å². The first-order valence-corrected chi connectivity index (χ1v) is 6.77.